The number of ketones is 1. The Morgan fingerprint density at radius 2 is 1.50 bits per heavy atom. The SMILES string of the molecule is CCCCCCCOc1ccc(-c2cnc(-c3ccc(C[C@H](CC(=O)c4ccc(C5CC5)cc4)C(=O)N4CC[C@H](C(=O)O)C4)cc3)nc2)cc1. The van der Waals surface area contributed by atoms with E-state index >= 15 is 0 Å². The van der Waals surface area contributed by atoms with Crippen LogP contribution in [0.2, 0.25) is 0 Å². The Balaban J connectivity index is 1.08. The fourth-order valence-corrected chi connectivity index (χ4v) is 6.71. The Morgan fingerprint density at radius 1 is 0.820 bits per heavy atom. The number of carboxylic acids is 1. The quantitative estimate of drug-likeness (QED) is 0.0885. The molecule has 6 rings (SSSR count). The molecular weight excluding hydrogens is 626 g/mol. The molecule has 1 amide bonds. The molecule has 2 atom stereocenters. The van der Waals surface area contributed by atoms with Gasteiger partial charge in [0.1, 0.15) is 5.75 Å². The van der Waals surface area contributed by atoms with Crippen LogP contribution >= 0.6 is 0 Å². The molecule has 0 radical (unpaired) electrons. The minimum atomic E-state index is -0.888. The summed E-state index contributed by atoms with van der Waals surface area (Å²) in [5.41, 5.74) is 5.55. The van der Waals surface area contributed by atoms with Gasteiger partial charge in [0.25, 0.3) is 0 Å². The molecule has 0 bridgehead atoms. The van der Waals surface area contributed by atoms with E-state index in [0.717, 1.165) is 41.0 Å². The number of amides is 1. The summed E-state index contributed by atoms with van der Waals surface area (Å²) in [6, 6.07) is 23.6. The van der Waals surface area contributed by atoms with Crippen LogP contribution < -0.4 is 4.74 Å². The number of unbranched alkanes of at least 4 members (excludes halogenated alkanes) is 4. The summed E-state index contributed by atoms with van der Waals surface area (Å²) in [6.45, 7) is 3.52. The van der Waals surface area contributed by atoms with Crippen molar-refractivity contribution in [2.24, 2.45) is 11.8 Å². The average Bonchev–Trinajstić information content (AvgIpc) is 3.88. The number of aliphatic carboxylic acids is 1. The smallest absolute Gasteiger partial charge is 0.308 e. The number of nitrogens with zero attached hydrogens (tertiary/aromatic N) is 3. The predicted octanol–water partition coefficient (Wildman–Crippen LogP) is 8.40. The van der Waals surface area contributed by atoms with Gasteiger partial charge in [0.05, 0.1) is 12.5 Å². The molecule has 1 aliphatic carbocycles. The van der Waals surface area contributed by atoms with Crippen molar-refractivity contribution in [3.63, 3.8) is 0 Å². The number of likely N-dealkylation sites (tertiary alicyclic amines) is 1. The third-order valence-electron chi connectivity index (χ3n) is 9.96. The van der Waals surface area contributed by atoms with Gasteiger partial charge in [0.2, 0.25) is 5.91 Å². The summed E-state index contributed by atoms with van der Waals surface area (Å²) in [4.78, 5) is 49.6. The third-order valence-corrected chi connectivity index (χ3v) is 9.96. The van der Waals surface area contributed by atoms with E-state index < -0.39 is 17.8 Å². The van der Waals surface area contributed by atoms with Crippen molar-refractivity contribution in [3.05, 3.63) is 102 Å². The van der Waals surface area contributed by atoms with Crippen LogP contribution in [0.25, 0.3) is 22.5 Å². The van der Waals surface area contributed by atoms with E-state index in [2.05, 4.69) is 16.9 Å². The molecule has 8 nitrogen and oxygen atoms in total. The van der Waals surface area contributed by atoms with Gasteiger partial charge in [-0.2, -0.15) is 0 Å². The molecule has 1 aromatic heterocycles. The lowest BCUT2D eigenvalue weighted by Gasteiger charge is -2.23. The first kappa shape index (κ1) is 35.0. The Hall–Kier alpha value is -4.85. The lowest BCUT2D eigenvalue weighted by molar-refractivity contribution is -0.141. The molecule has 2 fully saturated rings. The second kappa shape index (κ2) is 16.7. The van der Waals surface area contributed by atoms with Crippen molar-refractivity contribution in [2.45, 2.75) is 77.0 Å². The lowest BCUT2D eigenvalue weighted by Crippen LogP contribution is -2.37. The van der Waals surface area contributed by atoms with Gasteiger partial charge >= 0.3 is 5.97 Å². The standard InChI is InChI=1S/C42H47N3O5/c1-2-3-4-5-6-23-50-38-19-17-32(18-20-38)37-26-43-40(44-27-37)34-9-7-29(8-10-34)24-36(41(47)45-22-21-35(28-45)42(48)49)25-39(46)33-15-13-31(14-16-33)30-11-12-30/h7-10,13-20,26-27,30,35-36H,2-6,11-12,21-25,28H2,1H3,(H,48,49)/t35-,36+/m0/s1. The zero-order chi connectivity index (χ0) is 34.9. The van der Waals surface area contributed by atoms with Gasteiger partial charge in [-0.25, -0.2) is 9.97 Å². The molecule has 3 aromatic carbocycles. The highest BCUT2D eigenvalue weighted by molar-refractivity contribution is 5.98. The second-order valence-corrected chi connectivity index (χ2v) is 13.8. The van der Waals surface area contributed by atoms with Gasteiger partial charge in [0, 0.05) is 54.5 Å². The fraction of sp³-hybridized carbons (Fsp3) is 0.405. The van der Waals surface area contributed by atoms with Gasteiger partial charge in [-0.3, -0.25) is 14.4 Å². The van der Waals surface area contributed by atoms with Gasteiger partial charge in [-0.1, -0.05) is 93.3 Å². The van der Waals surface area contributed by atoms with Gasteiger partial charge in [0.15, 0.2) is 11.6 Å². The van der Waals surface area contributed by atoms with Crippen molar-refractivity contribution in [1.82, 2.24) is 14.9 Å². The Kier molecular flexibility index (Phi) is 11.7. The Bertz CT molecular complexity index is 1730. The molecular formula is C42H47N3O5. The zero-order valence-corrected chi connectivity index (χ0v) is 28.9. The van der Waals surface area contributed by atoms with Crippen LogP contribution in [0.5, 0.6) is 5.75 Å². The first-order valence-electron chi connectivity index (χ1n) is 18.2. The van der Waals surface area contributed by atoms with Crippen molar-refractivity contribution in [2.75, 3.05) is 19.7 Å². The van der Waals surface area contributed by atoms with Gasteiger partial charge in [-0.05, 0) is 66.8 Å². The maximum atomic E-state index is 13.7. The number of carboxylic acid groups (broad SMARTS) is 1. The van der Waals surface area contributed by atoms with Crippen LogP contribution in [0, 0.1) is 11.8 Å². The van der Waals surface area contributed by atoms with Crippen LogP contribution in [-0.4, -0.2) is 57.3 Å². The molecule has 0 spiro atoms. The highest BCUT2D eigenvalue weighted by Gasteiger charge is 2.35. The molecule has 2 heterocycles. The fourth-order valence-electron chi connectivity index (χ4n) is 6.71. The van der Waals surface area contributed by atoms with E-state index in [4.69, 9.17) is 4.74 Å². The Labute approximate surface area is 294 Å². The molecule has 8 heteroatoms. The summed E-state index contributed by atoms with van der Waals surface area (Å²) in [5, 5.41) is 9.49. The molecule has 1 saturated carbocycles. The topological polar surface area (TPSA) is 110 Å². The van der Waals surface area contributed by atoms with Crippen LogP contribution in [0.1, 0.15) is 92.1 Å². The number of benzene rings is 3. The number of Topliss-reactive ketones (excluding diaryl/α,β-unsaturated/α-hetero) is 1. The summed E-state index contributed by atoms with van der Waals surface area (Å²) in [7, 11) is 0. The molecule has 1 saturated heterocycles. The number of carbonyl (C=O) groups excluding carboxylic acids is 2. The first-order valence-corrected chi connectivity index (χ1v) is 18.2. The van der Waals surface area contributed by atoms with Gasteiger partial charge < -0.3 is 14.7 Å². The number of carbonyl (C=O) groups is 3. The van der Waals surface area contributed by atoms with Crippen LogP contribution in [0.15, 0.2) is 85.2 Å². The monoisotopic (exact) mass is 673 g/mol. The number of hydrogen-bond acceptors (Lipinski definition) is 6. The summed E-state index contributed by atoms with van der Waals surface area (Å²) >= 11 is 0. The molecule has 50 heavy (non-hydrogen) atoms. The van der Waals surface area contributed by atoms with Crippen molar-refractivity contribution in [1.29, 1.82) is 0 Å². The summed E-state index contributed by atoms with van der Waals surface area (Å²) in [6.07, 6.45) is 12.9. The van der Waals surface area contributed by atoms with E-state index in [9.17, 15) is 19.5 Å². The van der Waals surface area contributed by atoms with Crippen LogP contribution in [-0.2, 0) is 16.0 Å². The Morgan fingerprint density at radius 3 is 2.14 bits per heavy atom. The van der Waals surface area contributed by atoms with Crippen molar-refractivity contribution in [3.8, 4) is 28.3 Å². The highest BCUT2D eigenvalue weighted by Crippen LogP contribution is 2.40. The number of hydrogen-bond donors (Lipinski definition) is 1. The molecule has 0 unspecified atom stereocenters. The maximum Gasteiger partial charge on any atom is 0.308 e. The van der Waals surface area contributed by atoms with E-state index in [1.54, 1.807) is 4.90 Å². The van der Waals surface area contributed by atoms with E-state index in [0.29, 0.717) is 36.7 Å². The van der Waals surface area contributed by atoms with Crippen molar-refractivity contribution >= 4 is 17.7 Å². The first-order chi connectivity index (χ1) is 24.4. The molecule has 260 valence electrons. The van der Waals surface area contributed by atoms with E-state index in [1.807, 2.05) is 85.2 Å². The van der Waals surface area contributed by atoms with Crippen molar-refractivity contribution < 1.29 is 24.2 Å². The van der Waals surface area contributed by atoms with Gasteiger partial charge in [-0.15, -0.1) is 0 Å². The molecule has 1 N–H and O–H groups in total. The second-order valence-electron chi connectivity index (χ2n) is 13.8. The normalized spacial score (nSPS) is 16.3. The van der Waals surface area contributed by atoms with Crippen LogP contribution in [0.3, 0.4) is 0 Å². The highest BCUT2D eigenvalue weighted by atomic mass is 16.5. The minimum absolute atomic E-state index is 0.0638. The number of ether oxygens (including phenoxy) is 1. The number of aromatic nitrogens is 2. The summed E-state index contributed by atoms with van der Waals surface area (Å²) in [5.74, 6) is -0.238. The van der Waals surface area contributed by atoms with E-state index in [-0.39, 0.29) is 24.7 Å². The number of rotatable bonds is 17. The average molecular weight is 674 g/mol. The van der Waals surface area contributed by atoms with Crippen LogP contribution in [0.4, 0.5) is 0 Å². The molecule has 4 aromatic rings. The largest absolute Gasteiger partial charge is 0.494 e. The molecule has 2 aliphatic rings. The van der Waals surface area contributed by atoms with E-state index in [1.165, 1.54) is 44.1 Å². The molecule has 1 aliphatic heterocycles. The minimum Gasteiger partial charge on any atom is -0.494 e. The summed E-state index contributed by atoms with van der Waals surface area (Å²) < 4.78 is 5.90. The maximum absolute atomic E-state index is 13.7. The predicted molar refractivity (Wildman–Crippen MR) is 194 cm³/mol. The zero-order valence-electron chi connectivity index (χ0n) is 28.9. The third kappa shape index (κ3) is 9.23. The lowest BCUT2D eigenvalue weighted by atomic mass is 9.90.